The SMILES string of the molecule is CON1C(=NCc2cccc(Cl)c2)C2(CCCCC2)Cc2cc(N(C)C)ncc21. The zero-order valence-corrected chi connectivity index (χ0v) is 18.2. The first-order chi connectivity index (χ1) is 14.0. The highest BCUT2D eigenvalue weighted by Crippen LogP contribution is 2.47. The summed E-state index contributed by atoms with van der Waals surface area (Å²) in [5.74, 6) is 2.01. The van der Waals surface area contributed by atoms with E-state index in [9.17, 15) is 0 Å². The first-order valence-electron chi connectivity index (χ1n) is 10.3. The number of aromatic nitrogens is 1. The third kappa shape index (κ3) is 3.99. The number of hydroxylamine groups is 1. The number of halogens is 1. The highest BCUT2D eigenvalue weighted by molar-refractivity contribution is 6.30. The summed E-state index contributed by atoms with van der Waals surface area (Å²) in [6.45, 7) is 0.593. The van der Waals surface area contributed by atoms with Crippen LogP contribution in [0.5, 0.6) is 0 Å². The van der Waals surface area contributed by atoms with E-state index in [-0.39, 0.29) is 5.41 Å². The van der Waals surface area contributed by atoms with Gasteiger partial charge in [-0.05, 0) is 48.6 Å². The monoisotopic (exact) mass is 412 g/mol. The van der Waals surface area contributed by atoms with Crippen molar-refractivity contribution in [2.75, 3.05) is 31.2 Å². The summed E-state index contributed by atoms with van der Waals surface area (Å²) in [4.78, 5) is 17.7. The molecule has 5 nitrogen and oxygen atoms in total. The lowest BCUT2D eigenvalue weighted by molar-refractivity contribution is 0.176. The van der Waals surface area contributed by atoms with Crippen LogP contribution in [-0.2, 0) is 17.8 Å². The summed E-state index contributed by atoms with van der Waals surface area (Å²) in [5, 5.41) is 2.66. The second-order valence-corrected chi connectivity index (χ2v) is 8.77. The topological polar surface area (TPSA) is 41.0 Å². The van der Waals surface area contributed by atoms with E-state index in [1.54, 1.807) is 7.11 Å². The van der Waals surface area contributed by atoms with Crippen LogP contribution in [0.15, 0.2) is 41.5 Å². The molecule has 4 rings (SSSR count). The van der Waals surface area contributed by atoms with Crippen molar-refractivity contribution in [2.45, 2.75) is 45.1 Å². The number of pyridine rings is 1. The molecule has 0 unspecified atom stereocenters. The van der Waals surface area contributed by atoms with Gasteiger partial charge in [0.1, 0.15) is 11.7 Å². The van der Waals surface area contributed by atoms with E-state index in [1.165, 1.54) is 24.8 Å². The summed E-state index contributed by atoms with van der Waals surface area (Å²) in [5.41, 5.74) is 3.41. The quantitative estimate of drug-likeness (QED) is 0.685. The fourth-order valence-corrected chi connectivity index (χ4v) is 4.88. The molecular formula is C23H29ClN4O. The first kappa shape index (κ1) is 20.2. The molecule has 154 valence electrons. The van der Waals surface area contributed by atoms with Gasteiger partial charge in [0.2, 0.25) is 0 Å². The summed E-state index contributed by atoms with van der Waals surface area (Å²) in [6.07, 6.45) is 8.94. The molecule has 2 heterocycles. The van der Waals surface area contributed by atoms with Crippen molar-refractivity contribution in [3.05, 3.63) is 52.7 Å². The van der Waals surface area contributed by atoms with Gasteiger partial charge in [0.05, 0.1) is 25.5 Å². The Hall–Kier alpha value is -2.11. The molecular weight excluding hydrogens is 384 g/mol. The largest absolute Gasteiger partial charge is 0.363 e. The molecule has 1 aliphatic carbocycles. The van der Waals surface area contributed by atoms with Gasteiger partial charge in [-0.2, -0.15) is 0 Å². The lowest BCUT2D eigenvalue weighted by Gasteiger charge is -2.46. The van der Waals surface area contributed by atoms with Crippen LogP contribution in [-0.4, -0.2) is 32.0 Å². The van der Waals surface area contributed by atoms with Gasteiger partial charge in [0.15, 0.2) is 0 Å². The fraction of sp³-hybridized carbons (Fsp3) is 0.478. The number of nitrogens with zero attached hydrogens (tertiary/aromatic N) is 4. The van der Waals surface area contributed by atoms with E-state index in [2.05, 4.69) is 17.1 Å². The van der Waals surface area contributed by atoms with E-state index < -0.39 is 0 Å². The van der Waals surface area contributed by atoms with E-state index in [4.69, 9.17) is 21.4 Å². The molecule has 1 aromatic heterocycles. The molecule has 1 aromatic carbocycles. The lowest BCUT2D eigenvalue weighted by Crippen LogP contribution is -2.50. The van der Waals surface area contributed by atoms with Crippen molar-refractivity contribution in [3.8, 4) is 0 Å². The maximum atomic E-state index is 6.18. The highest BCUT2D eigenvalue weighted by atomic mass is 35.5. The number of anilines is 2. The predicted molar refractivity (Wildman–Crippen MR) is 120 cm³/mol. The molecule has 2 aliphatic rings. The Morgan fingerprint density at radius 2 is 2.00 bits per heavy atom. The number of hydrogen-bond acceptors (Lipinski definition) is 4. The summed E-state index contributed by atoms with van der Waals surface area (Å²) in [7, 11) is 5.78. The number of fused-ring (bicyclic) bond motifs is 1. The van der Waals surface area contributed by atoms with Crippen molar-refractivity contribution in [2.24, 2.45) is 10.4 Å². The average molecular weight is 413 g/mol. The number of benzene rings is 1. The molecule has 0 saturated heterocycles. The van der Waals surface area contributed by atoms with Crippen LogP contribution < -0.4 is 9.96 Å². The number of amidine groups is 1. The van der Waals surface area contributed by atoms with Crippen LogP contribution in [0.1, 0.15) is 43.2 Å². The molecule has 0 amide bonds. The minimum Gasteiger partial charge on any atom is -0.363 e. The minimum atomic E-state index is 0.0186. The molecule has 6 heteroatoms. The van der Waals surface area contributed by atoms with Gasteiger partial charge in [-0.25, -0.2) is 10.0 Å². The van der Waals surface area contributed by atoms with Gasteiger partial charge in [0.25, 0.3) is 0 Å². The molecule has 1 aliphatic heterocycles. The second-order valence-electron chi connectivity index (χ2n) is 8.33. The number of rotatable bonds is 4. The van der Waals surface area contributed by atoms with Crippen LogP contribution in [0.25, 0.3) is 0 Å². The van der Waals surface area contributed by atoms with Gasteiger partial charge in [0, 0.05) is 24.5 Å². The van der Waals surface area contributed by atoms with Gasteiger partial charge < -0.3 is 4.90 Å². The molecule has 1 fully saturated rings. The van der Waals surface area contributed by atoms with Crippen molar-refractivity contribution >= 4 is 28.9 Å². The van der Waals surface area contributed by atoms with E-state index in [1.807, 2.05) is 48.5 Å². The van der Waals surface area contributed by atoms with Crippen molar-refractivity contribution in [1.82, 2.24) is 4.98 Å². The number of hydrogen-bond donors (Lipinski definition) is 0. The van der Waals surface area contributed by atoms with Crippen LogP contribution in [0.3, 0.4) is 0 Å². The molecule has 0 N–H and O–H groups in total. The standard InChI is InChI=1S/C23H29ClN4O/c1-27(2)21-13-18-14-23(10-5-4-6-11-23)22(28(29-3)20(18)16-25-21)26-15-17-8-7-9-19(24)12-17/h7-9,12-13,16H,4-6,10-11,14-15H2,1-3H3. The lowest BCUT2D eigenvalue weighted by atomic mass is 9.67. The van der Waals surface area contributed by atoms with Gasteiger partial charge in [-0.1, -0.05) is 43.0 Å². The van der Waals surface area contributed by atoms with Crippen LogP contribution in [0.2, 0.25) is 5.02 Å². The maximum Gasteiger partial charge on any atom is 0.136 e. The number of aliphatic imine (C=N–C) groups is 1. The average Bonchev–Trinajstić information content (AvgIpc) is 2.72. The van der Waals surface area contributed by atoms with Gasteiger partial charge in [-0.15, -0.1) is 0 Å². The minimum absolute atomic E-state index is 0.0186. The van der Waals surface area contributed by atoms with Gasteiger partial charge in [-0.3, -0.25) is 9.83 Å². The fourth-order valence-electron chi connectivity index (χ4n) is 4.67. The zero-order valence-electron chi connectivity index (χ0n) is 17.5. The molecule has 0 radical (unpaired) electrons. The molecule has 0 bridgehead atoms. The third-order valence-corrected chi connectivity index (χ3v) is 6.35. The van der Waals surface area contributed by atoms with Crippen LogP contribution >= 0.6 is 11.6 Å². The zero-order chi connectivity index (χ0) is 20.4. The van der Waals surface area contributed by atoms with Crippen LogP contribution in [0.4, 0.5) is 11.5 Å². The molecule has 1 spiro atoms. The Balaban J connectivity index is 1.77. The van der Waals surface area contributed by atoms with Crippen molar-refractivity contribution in [3.63, 3.8) is 0 Å². The Morgan fingerprint density at radius 3 is 2.69 bits per heavy atom. The summed E-state index contributed by atoms with van der Waals surface area (Å²) >= 11 is 6.18. The Bertz CT molecular complexity index is 906. The van der Waals surface area contributed by atoms with Gasteiger partial charge >= 0.3 is 0 Å². The van der Waals surface area contributed by atoms with E-state index >= 15 is 0 Å². The first-order valence-corrected chi connectivity index (χ1v) is 10.7. The van der Waals surface area contributed by atoms with Crippen molar-refractivity contribution in [1.29, 1.82) is 0 Å². The van der Waals surface area contributed by atoms with Crippen LogP contribution in [0, 0.1) is 5.41 Å². The Morgan fingerprint density at radius 1 is 1.21 bits per heavy atom. The molecule has 1 saturated carbocycles. The summed E-state index contributed by atoms with van der Waals surface area (Å²) < 4.78 is 0. The maximum absolute atomic E-state index is 6.18. The normalized spacial score (nSPS) is 19.4. The predicted octanol–water partition coefficient (Wildman–Crippen LogP) is 5.27. The van der Waals surface area contributed by atoms with E-state index in [0.29, 0.717) is 6.54 Å². The van der Waals surface area contributed by atoms with Crippen molar-refractivity contribution < 1.29 is 4.84 Å². The highest BCUT2D eigenvalue weighted by Gasteiger charge is 2.45. The smallest absolute Gasteiger partial charge is 0.136 e. The molecule has 0 atom stereocenters. The molecule has 2 aromatic rings. The van der Waals surface area contributed by atoms with E-state index in [0.717, 1.165) is 47.2 Å². The third-order valence-electron chi connectivity index (χ3n) is 6.12. The Labute approximate surface area is 178 Å². The Kier molecular flexibility index (Phi) is 5.79. The molecule has 29 heavy (non-hydrogen) atoms. The summed E-state index contributed by atoms with van der Waals surface area (Å²) in [6, 6.07) is 10.1. The second kappa shape index (κ2) is 8.33.